The Bertz CT molecular complexity index is 1860. The van der Waals surface area contributed by atoms with Gasteiger partial charge in [-0.1, -0.05) is 0 Å². The molecule has 0 radical (unpaired) electrons. The average Bonchev–Trinajstić information content (AvgIpc) is 2.76. The van der Waals surface area contributed by atoms with Crippen molar-refractivity contribution in [2.24, 2.45) is 0 Å². The molecular formula is C20H15N3O11S3. The quantitative estimate of drug-likeness (QED) is 0.145. The molecule has 3 aromatic rings. The number of rotatable bonds is 5. The van der Waals surface area contributed by atoms with Crippen LogP contribution in [-0.4, -0.2) is 50.5 Å². The molecule has 4 rings (SSSR count). The van der Waals surface area contributed by atoms with E-state index in [-0.39, 0.29) is 5.69 Å². The van der Waals surface area contributed by atoms with Crippen LogP contribution >= 0.6 is 0 Å². The smallest absolute Gasteiger partial charge is 0.296 e. The second kappa shape index (κ2) is 8.33. The number of nitrogens with two attached hydrogens (primary N) is 2. The van der Waals surface area contributed by atoms with Gasteiger partial charge in [-0.25, -0.2) is 0 Å². The SMILES string of the molecule is Nc1ccc(Nc2cc(S(=O)(=O)O)c(N)c3c2C(=O)c2c(S(=O)(=O)O)ccc(S(=O)(=O)O)c2C3=O)cc1. The van der Waals surface area contributed by atoms with Crippen LogP contribution < -0.4 is 16.8 Å². The van der Waals surface area contributed by atoms with E-state index in [1.54, 1.807) is 0 Å². The minimum Gasteiger partial charge on any atom is -0.399 e. The maximum absolute atomic E-state index is 13.6. The number of nitrogens with one attached hydrogen (secondary N) is 1. The summed E-state index contributed by atoms with van der Waals surface area (Å²) in [5, 5.41) is 2.64. The van der Waals surface area contributed by atoms with Gasteiger partial charge < -0.3 is 16.8 Å². The van der Waals surface area contributed by atoms with Crippen molar-refractivity contribution in [3.8, 4) is 0 Å². The Balaban J connectivity index is 2.17. The molecule has 3 aromatic carbocycles. The number of fused-ring (bicyclic) bond motifs is 2. The molecule has 0 spiro atoms. The third kappa shape index (κ3) is 4.43. The van der Waals surface area contributed by atoms with Crippen LogP contribution in [0.1, 0.15) is 31.8 Å². The first-order valence-electron chi connectivity index (χ1n) is 9.71. The Morgan fingerprint density at radius 2 is 1.03 bits per heavy atom. The molecule has 0 heterocycles. The van der Waals surface area contributed by atoms with Crippen LogP contribution in [0.4, 0.5) is 22.7 Å². The van der Waals surface area contributed by atoms with E-state index in [0.717, 1.165) is 0 Å². The monoisotopic (exact) mass is 569 g/mol. The number of benzene rings is 3. The van der Waals surface area contributed by atoms with E-state index >= 15 is 0 Å². The van der Waals surface area contributed by atoms with Crippen molar-refractivity contribution in [1.29, 1.82) is 0 Å². The lowest BCUT2D eigenvalue weighted by molar-refractivity contribution is 0.0975. The van der Waals surface area contributed by atoms with Gasteiger partial charge in [-0.05, 0) is 42.5 Å². The predicted octanol–water partition coefficient (Wildman–Crippen LogP) is 1.11. The number of ketones is 2. The van der Waals surface area contributed by atoms with Gasteiger partial charge in [-0.2, -0.15) is 25.3 Å². The summed E-state index contributed by atoms with van der Waals surface area (Å²) in [4.78, 5) is 23.8. The van der Waals surface area contributed by atoms with Crippen LogP contribution in [0, 0.1) is 0 Å². The van der Waals surface area contributed by atoms with Crippen LogP contribution in [0.5, 0.6) is 0 Å². The number of hydrogen-bond acceptors (Lipinski definition) is 11. The Morgan fingerprint density at radius 3 is 1.46 bits per heavy atom. The molecule has 0 atom stereocenters. The molecule has 194 valence electrons. The van der Waals surface area contributed by atoms with Crippen LogP contribution in [0.25, 0.3) is 0 Å². The fourth-order valence-corrected chi connectivity index (χ4v) is 5.91. The standard InChI is InChI=1S/C20H15N3O11S3/c21-8-1-3-9(4-2-8)23-10-7-13(37(32,33)34)18(22)17-14(10)19(24)15-11(35(26,27)28)5-6-12(36(29,30)31)16(15)20(17)25/h1-7,23H,21-22H2,(H,26,27,28)(H,29,30,31)(H,32,33,34). The fourth-order valence-electron chi connectivity index (χ4n) is 3.87. The summed E-state index contributed by atoms with van der Waals surface area (Å²) in [6, 6.07) is 7.30. The summed E-state index contributed by atoms with van der Waals surface area (Å²) in [6.45, 7) is 0. The number of anilines is 4. The molecule has 0 saturated carbocycles. The van der Waals surface area contributed by atoms with Gasteiger partial charge in [0.25, 0.3) is 30.4 Å². The maximum Gasteiger partial charge on any atom is 0.296 e. The lowest BCUT2D eigenvalue weighted by Gasteiger charge is -2.25. The maximum atomic E-state index is 13.6. The van der Waals surface area contributed by atoms with Crippen LogP contribution in [0.15, 0.2) is 57.2 Å². The second-order valence-corrected chi connectivity index (χ2v) is 11.9. The van der Waals surface area contributed by atoms with Crippen molar-refractivity contribution in [2.45, 2.75) is 14.7 Å². The van der Waals surface area contributed by atoms with E-state index in [0.29, 0.717) is 23.9 Å². The van der Waals surface area contributed by atoms with Gasteiger partial charge >= 0.3 is 0 Å². The van der Waals surface area contributed by atoms with Crippen molar-refractivity contribution in [3.05, 3.63) is 64.7 Å². The molecular weight excluding hydrogens is 554 g/mol. The first-order valence-corrected chi connectivity index (χ1v) is 14.0. The summed E-state index contributed by atoms with van der Waals surface area (Å²) in [7, 11) is -15.6. The van der Waals surface area contributed by atoms with Crippen molar-refractivity contribution in [2.75, 3.05) is 16.8 Å². The molecule has 0 bridgehead atoms. The fraction of sp³-hybridized carbons (Fsp3) is 0. The highest BCUT2D eigenvalue weighted by Gasteiger charge is 2.42. The zero-order valence-electron chi connectivity index (χ0n) is 18.0. The molecule has 0 unspecified atom stereocenters. The summed E-state index contributed by atoms with van der Waals surface area (Å²) in [6.07, 6.45) is 0. The lowest BCUT2D eigenvalue weighted by atomic mass is 9.82. The summed E-state index contributed by atoms with van der Waals surface area (Å²) in [5.41, 5.74) is 6.69. The molecule has 0 aromatic heterocycles. The minimum atomic E-state index is -5.26. The van der Waals surface area contributed by atoms with Crippen LogP contribution in [0.3, 0.4) is 0 Å². The minimum absolute atomic E-state index is 0.190. The largest absolute Gasteiger partial charge is 0.399 e. The van der Waals surface area contributed by atoms with Crippen LogP contribution in [-0.2, 0) is 30.4 Å². The zero-order valence-corrected chi connectivity index (χ0v) is 20.5. The number of hydrogen-bond donors (Lipinski definition) is 6. The van der Waals surface area contributed by atoms with Gasteiger partial charge in [-0.3, -0.25) is 23.2 Å². The number of nitrogen functional groups attached to an aromatic ring is 2. The van der Waals surface area contributed by atoms with Gasteiger partial charge in [-0.15, -0.1) is 0 Å². The van der Waals surface area contributed by atoms with Gasteiger partial charge in [0.15, 0.2) is 11.6 Å². The third-order valence-electron chi connectivity index (χ3n) is 5.39. The van der Waals surface area contributed by atoms with Gasteiger partial charge in [0, 0.05) is 11.4 Å². The van der Waals surface area contributed by atoms with E-state index in [1.165, 1.54) is 24.3 Å². The molecule has 1 aliphatic carbocycles. The Kier molecular flexibility index (Phi) is 5.90. The van der Waals surface area contributed by atoms with E-state index in [2.05, 4.69) is 5.32 Å². The molecule has 0 saturated heterocycles. The average molecular weight is 570 g/mol. The van der Waals surface area contributed by atoms with Crippen LogP contribution in [0.2, 0.25) is 0 Å². The van der Waals surface area contributed by atoms with E-state index in [1.807, 2.05) is 0 Å². The topological polar surface area (TPSA) is 261 Å². The molecule has 14 nitrogen and oxygen atoms in total. The highest BCUT2D eigenvalue weighted by Crippen LogP contribution is 2.43. The van der Waals surface area contributed by atoms with E-state index in [9.17, 15) is 48.5 Å². The first-order chi connectivity index (χ1) is 16.9. The van der Waals surface area contributed by atoms with Crippen molar-refractivity contribution < 1.29 is 48.5 Å². The van der Waals surface area contributed by atoms with Crippen molar-refractivity contribution >= 4 is 64.7 Å². The predicted molar refractivity (Wildman–Crippen MR) is 128 cm³/mol. The second-order valence-electron chi connectivity index (χ2n) is 7.73. The molecule has 8 N–H and O–H groups in total. The zero-order chi connectivity index (χ0) is 27.7. The van der Waals surface area contributed by atoms with Gasteiger partial charge in [0.1, 0.15) is 14.7 Å². The molecule has 17 heteroatoms. The van der Waals surface area contributed by atoms with Crippen molar-refractivity contribution in [3.63, 3.8) is 0 Å². The highest BCUT2D eigenvalue weighted by molar-refractivity contribution is 7.86. The third-order valence-corrected chi connectivity index (χ3v) is 8.08. The Morgan fingerprint density at radius 1 is 0.595 bits per heavy atom. The highest BCUT2D eigenvalue weighted by atomic mass is 32.2. The first kappa shape index (κ1) is 26.2. The van der Waals surface area contributed by atoms with E-state index in [4.69, 9.17) is 11.5 Å². The molecule has 1 aliphatic rings. The summed E-state index contributed by atoms with van der Waals surface area (Å²) < 4.78 is 101. The van der Waals surface area contributed by atoms with Gasteiger partial charge in [0.05, 0.1) is 33.6 Å². The Hall–Kier alpha value is -3.87. The van der Waals surface area contributed by atoms with Crippen molar-refractivity contribution in [1.82, 2.24) is 0 Å². The summed E-state index contributed by atoms with van der Waals surface area (Å²) >= 11 is 0. The number of carbonyl (C=O) groups excluding carboxylic acids is 2. The molecule has 37 heavy (non-hydrogen) atoms. The molecule has 0 amide bonds. The van der Waals surface area contributed by atoms with E-state index < -0.39 is 90.2 Å². The Labute approximate surface area is 209 Å². The lowest BCUT2D eigenvalue weighted by Crippen LogP contribution is -2.29. The molecule has 0 fully saturated rings. The number of carbonyl (C=O) groups is 2. The molecule has 0 aliphatic heterocycles. The van der Waals surface area contributed by atoms with Gasteiger partial charge in [0.2, 0.25) is 0 Å². The normalized spacial score (nSPS) is 13.7. The summed E-state index contributed by atoms with van der Waals surface area (Å²) in [5.74, 6) is -2.85.